The van der Waals surface area contributed by atoms with Crippen LogP contribution in [0.4, 0.5) is 17.6 Å². The number of nitrogens with zero attached hydrogens (tertiary/aromatic N) is 6. The Hall–Kier alpha value is -4.58. The van der Waals surface area contributed by atoms with Gasteiger partial charge in [0.25, 0.3) is 5.91 Å². The summed E-state index contributed by atoms with van der Waals surface area (Å²) in [6.45, 7) is 3.21. The number of aromatic amines is 1. The predicted molar refractivity (Wildman–Crippen MR) is 136 cm³/mol. The molecule has 12 heteroatoms. The molecular formula is C25H25N9O3. The average Bonchev–Trinajstić information content (AvgIpc) is 3.37. The highest BCUT2D eigenvalue weighted by Crippen LogP contribution is 2.28. The van der Waals surface area contributed by atoms with Crippen molar-refractivity contribution >= 4 is 40.3 Å². The third-order valence-electron chi connectivity index (χ3n) is 6.58. The lowest BCUT2D eigenvalue weighted by molar-refractivity contribution is -0.125. The van der Waals surface area contributed by atoms with Gasteiger partial charge in [0, 0.05) is 48.4 Å². The number of nitrogens with two attached hydrogens (primary N) is 1. The number of H-pyrrole nitrogens is 1. The SMILES string of the molecule is NC(=O)C1CN(C(=O)c2cccc(Nc3nc(-c4cccc5[nH]ncc45)nc(N4CCOCC4)n3)c2)C1. The molecule has 4 heterocycles. The molecule has 4 N–H and O–H groups in total. The first-order valence-corrected chi connectivity index (χ1v) is 12.0. The Bertz CT molecular complexity index is 1480. The van der Waals surface area contributed by atoms with Crippen molar-refractivity contribution in [2.75, 3.05) is 49.6 Å². The van der Waals surface area contributed by atoms with E-state index in [2.05, 4.69) is 25.4 Å². The molecule has 0 saturated carbocycles. The Kier molecular flexibility index (Phi) is 5.85. The maximum Gasteiger partial charge on any atom is 0.253 e. The molecule has 37 heavy (non-hydrogen) atoms. The Morgan fingerprint density at radius 2 is 1.86 bits per heavy atom. The molecule has 0 atom stereocenters. The van der Waals surface area contributed by atoms with Crippen LogP contribution < -0.4 is 16.0 Å². The normalized spacial score (nSPS) is 16.0. The van der Waals surface area contributed by atoms with Crippen molar-refractivity contribution in [1.82, 2.24) is 30.0 Å². The number of nitrogens with one attached hydrogen (secondary N) is 2. The summed E-state index contributed by atoms with van der Waals surface area (Å²) in [6, 6.07) is 12.9. The van der Waals surface area contributed by atoms with Gasteiger partial charge in [0.1, 0.15) is 0 Å². The smallest absolute Gasteiger partial charge is 0.253 e. The number of rotatable bonds is 6. The minimum Gasteiger partial charge on any atom is -0.378 e. The van der Waals surface area contributed by atoms with E-state index in [1.54, 1.807) is 29.3 Å². The molecule has 2 fully saturated rings. The minimum atomic E-state index is -0.382. The van der Waals surface area contributed by atoms with Gasteiger partial charge in [0.15, 0.2) is 5.82 Å². The molecule has 0 aliphatic carbocycles. The van der Waals surface area contributed by atoms with Crippen LogP contribution in [0.5, 0.6) is 0 Å². The Morgan fingerprint density at radius 1 is 1.05 bits per heavy atom. The number of primary amides is 1. The van der Waals surface area contributed by atoms with E-state index < -0.39 is 0 Å². The number of fused-ring (bicyclic) bond motifs is 1. The third-order valence-corrected chi connectivity index (χ3v) is 6.58. The number of morpholine rings is 1. The fourth-order valence-electron chi connectivity index (χ4n) is 4.48. The summed E-state index contributed by atoms with van der Waals surface area (Å²) in [6.07, 6.45) is 1.75. The van der Waals surface area contributed by atoms with Gasteiger partial charge in [0.2, 0.25) is 17.8 Å². The van der Waals surface area contributed by atoms with Gasteiger partial charge < -0.3 is 25.6 Å². The van der Waals surface area contributed by atoms with Crippen LogP contribution in [-0.2, 0) is 9.53 Å². The van der Waals surface area contributed by atoms with Crippen LogP contribution in [0.25, 0.3) is 22.3 Å². The zero-order valence-electron chi connectivity index (χ0n) is 19.9. The number of likely N-dealkylation sites (tertiary alicyclic amines) is 1. The minimum absolute atomic E-state index is 0.155. The summed E-state index contributed by atoms with van der Waals surface area (Å²) in [5, 5.41) is 11.3. The first kappa shape index (κ1) is 22.9. The van der Waals surface area contributed by atoms with Crippen molar-refractivity contribution in [3.8, 4) is 11.4 Å². The van der Waals surface area contributed by atoms with Gasteiger partial charge in [-0.1, -0.05) is 18.2 Å². The van der Waals surface area contributed by atoms with Crippen LogP contribution in [0.3, 0.4) is 0 Å². The van der Waals surface area contributed by atoms with E-state index in [0.717, 1.165) is 16.5 Å². The van der Waals surface area contributed by atoms with E-state index >= 15 is 0 Å². The van der Waals surface area contributed by atoms with Crippen LogP contribution in [-0.4, -0.2) is 81.3 Å². The first-order valence-electron chi connectivity index (χ1n) is 12.0. The maximum absolute atomic E-state index is 12.9. The predicted octanol–water partition coefficient (Wildman–Crippen LogP) is 1.55. The lowest BCUT2D eigenvalue weighted by Gasteiger charge is -2.37. The highest BCUT2D eigenvalue weighted by molar-refractivity contribution is 5.97. The van der Waals surface area contributed by atoms with Crippen molar-refractivity contribution in [2.45, 2.75) is 0 Å². The van der Waals surface area contributed by atoms with Crippen LogP contribution in [0.15, 0.2) is 48.7 Å². The van der Waals surface area contributed by atoms with E-state index in [-0.39, 0.29) is 17.7 Å². The van der Waals surface area contributed by atoms with Crippen molar-refractivity contribution in [3.63, 3.8) is 0 Å². The molecular weight excluding hydrogens is 474 g/mol. The second-order valence-corrected chi connectivity index (χ2v) is 9.03. The quantitative estimate of drug-likeness (QED) is 0.358. The molecule has 0 spiro atoms. The van der Waals surface area contributed by atoms with E-state index in [1.165, 1.54) is 0 Å². The standard InChI is InChI=1S/C25H25N9O3/c26-21(35)16-13-34(14-16)23(36)15-3-1-4-17(11-15)28-24-29-22(18-5-2-6-20-19(18)12-27-32-20)30-25(31-24)33-7-9-37-10-8-33/h1-6,11-12,16H,7-10,13-14H2,(H2,26,35)(H,27,32)(H,28,29,30,31). The van der Waals surface area contributed by atoms with Gasteiger partial charge in [-0.2, -0.15) is 20.1 Å². The molecule has 4 aromatic rings. The topological polar surface area (TPSA) is 155 Å². The highest BCUT2D eigenvalue weighted by atomic mass is 16.5. The number of anilines is 3. The van der Waals surface area contributed by atoms with Gasteiger partial charge in [0.05, 0.1) is 30.8 Å². The van der Waals surface area contributed by atoms with Crippen molar-refractivity contribution < 1.29 is 14.3 Å². The van der Waals surface area contributed by atoms with Gasteiger partial charge >= 0.3 is 0 Å². The number of hydrogen-bond donors (Lipinski definition) is 3. The van der Waals surface area contributed by atoms with Crippen molar-refractivity contribution in [1.29, 1.82) is 0 Å². The highest BCUT2D eigenvalue weighted by Gasteiger charge is 2.34. The Morgan fingerprint density at radius 3 is 2.68 bits per heavy atom. The summed E-state index contributed by atoms with van der Waals surface area (Å²) in [7, 11) is 0. The third kappa shape index (κ3) is 4.54. The number of carbonyl (C=O) groups is 2. The fraction of sp³-hybridized carbons (Fsp3) is 0.280. The summed E-state index contributed by atoms with van der Waals surface area (Å²) in [5.74, 6) is 0.588. The second-order valence-electron chi connectivity index (χ2n) is 9.03. The number of hydrogen-bond acceptors (Lipinski definition) is 9. The Labute approximate surface area is 211 Å². The summed E-state index contributed by atoms with van der Waals surface area (Å²) < 4.78 is 5.50. The monoisotopic (exact) mass is 499 g/mol. The largest absolute Gasteiger partial charge is 0.378 e. The van der Waals surface area contributed by atoms with E-state index in [0.29, 0.717) is 68.4 Å². The molecule has 12 nitrogen and oxygen atoms in total. The average molecular weight is 500 g/mol. The molecule has 0 unspecified atom stereocenters. The van der Waals surface area contributed by atoms with Crippen LogP contribution in [0.2, 0.25) is 0 Å². The van der Waals surface area contributed by atoms with Gasteiger partial charge in [-0.25, -0.2) is 0 Å². The van der Waals surface area contributed by atoms with Gasteiger partial charge in [-0.3, -0.25) is 14.7 Å². The van der Waals surface area contributed by atoms with E-state index in [1.807, 2.05) is 24.3 Å². The summed E-state index contributed by atoms with van der Waals surface area (Å²) in [4.78, 5) is 42.0. The summed E-state index contributed by atoms with van der Waals surface area (Å²) >= 11 is 0. The van der Waals surface area contributed by atoms with Crippen LogP contribution in [0.1, 0.15) is 10.4 Å². The number of aromatic nitrogens is 5. The Balaban J connectivity index is 1.31. The number of benzene rings is 2. The van der Waals surface area contributed by atoms with Gasteiger partial charge in [-0.05, 0) is 24.3 Å². The molecule has 2 amide bonds. The second kappa shape index (κ2) is 9.47. The molecule has 188 valence electrons. The molecule has 2 saturated heterocycles. The zero-order valence-corrected chi connectivity index (χ0v) is 19.9. The van der Waals surface area contributed by atoms with E-state index in [9.17, 15) is 9.59 Å². The number of amides is 2. The van der Waals surface area contributed by atoms with Gasteiger partial charge in [-0.15, -0.1) is 0 Å². The zero-order chi connectivity index (χ0) is 25.4. The first-order chi connectivity index (χ1) is 18.0. The van der Waals surface area contributed by atoms with Crippen LogP contribution in [0, 0.1) is 5.92 Å². The summed E-state index contributed by atoms with van der Waals surface area (Å²) in [5.41, 5.74) is 8.20. The van der Waals surface area contributed by atoms with Crippen LogP contribution >= 0.6 is 0 Å². The van der Waals surface area contributed by atoms with Crippen molar-refractivity contribution in [2.24, 2.45) is 11.7 Å². The van der Waals surface area contributed by atoms with Crippen molar-refractivity contribution in [3.05, 3.63) is 54.2 Å². The molecule has 6 rings (SSSR count). The molecule has 2 aliphatic rings. The molecule has 2 aromatic carbocycles. The number of ether oxygens (including phenoxy) is 1. The molecule has 2 aromatic heterocycles. The fourth-order valence-corrected chi connectivity index (χ4v) is 4.48. The number of carbonyl (C=O) groups excluding carboxylic acids is 2. The lowest BCUT2D eigenvalue weighted by Crippen LogP contribution is -2.54. The molecule has 0 bridgehead atoms. The molecule has 2 aliphatic heterocycles. The lowest BCUT2D eigenvalue weighted by atomic mass is 9.98. The maximum atomic E-state index is 12.9. The van der Waals surface area contributed by atoms with E-state index in [4.69, 9.17) is 20.4 Å². The molecule has 0 radical (unpaired) electrons.